The van der Waals surface area contributed by atoms with Crippen LogP contribution in [0, 0.1) is 11.8 Å². The molecule has 0 radical (unpaired) electrons. The van der Waals surface area contributed by atoms with E-state index in [1.165, 1.54) is 41.5 Å². The van der Waals surface area contributed by atoms with Gasteiger partial charge in [0.05, 0.1) is 0 Å². The van der Waals surface area contributed by atoms with E-state index in [4.69, 9.17) is 0 Å². The molecule has 0 aromatic heterocycles. The molecule has 0 unspecified atom stereocenters. The van der Waals surface area contributed by atoms with E-state index >= 15 is 0 Å². The predicted molar refractivity (Wildman–Crippen MR) is 167 cm³/mol. The van der Waals surface area contributed by atoms with E-state index in [2.05, 4.69) is 70.9 Å². The van der Waals surface area contributed by atoms with Gasteiger partial charge in [-0.1, -0.05) is 86.6 Å². The van der Waals surface area contributed by atoms with Gasteiger partial charge in [-0.2, -0.15) is 0 Å². The number of carbonyl (C=O) groups excluding carboxylic acids is 2. The molecule has 1 aliphatic heterocycles. The van der Waals surface area contributed by atoms with Crippen molar-refractivity contribution in [2.45, 2.75) is 77.2 Å². The van der Waals surface area contributed by atoms with E-state index in [-0.39, 0.29) is 23.5 Å². The molecule has 1 N–H and O–H groups in total. The molecule has 0 saturated heterocycles. The van der Waals surface area contributed by atoms with Crippen molar-refractivity contribution in [1.82, 2.24) is 10.2 Å². The Morgan fingerprint density at radius 2 is 1.41 bits per heavy atom. The molecule has 1 saturated carbocycles. The van der Waals surface area contributed by atoms with Gasteiger partial charge in [-0.3, -0.25) is 9.59 Å². The third-order valence-electron chi connectivity index (χ3n) is 9.27. The van der Waals surface area contributed by atoms with Crippen molar-refractivity contribution in [3.63, 3.8) is 0 Å². The van der Waals surface area contributed by atoms with Gasteiger partial charge in [0.2, 0.25) is 5.91 Å². The standard InChI is InChI=1S/C37H46N2O2/c1-27(2)37(41)33-16-15-29-20-23-39(24-21-32(29)25-33)22-19-28-13-17-34(18-14-28)38-36(40)26-35(30-9-5-3-6-10-30)31-11-7-4-8-12-31/h3-12,15-16,25,27-28,34-35H,13-14,17-24,26H2,1-2H3,(H,38,40). The highest BCUT2D eigenvalue weighted by Gasteiger charge is 2.25. The number of nitrogens with zero attached hydrogens (tertiary/aromatic N) is 1. The Kier molecular flexibility index (Phi) is 10.1. The molecule has 1 fully saturated rings. The third-order valence-corrected chi connectivity index (χ3v) is 9.27. The molecule has 4 heteroatoms. The number of hydrogen-bond acceptors (Lipinski definition) is 3. The fraction of sp³-hybridized carbons (Fsp3) is 0.459. The highest BCUT2D eigenvalue weighted by molar-refractivity contribution is 5.97. The van der Waals surface area contributed by atoms with Crippen LogP contribution in [0.25, 0.3) is 0 Å². The second kappa shape index (κ2) is 14.1. The van der Waals surface area contributed by atoms with E-state index in [0.717, 1.165) is 56.8 Å². The van der Waals surface area contributed by atoms with Gasteiger partial charge in [0.15, 0.2) is 5.78 Å². The Labute approximate surface area is 246 Å². The van der Waals surface area contributed by atoms with Crippen molar-refractivity contribution in [3.8, 4) is 0 Å². The lowest BCUT2D eigenvalue weighted by atomic mass is 9.83. The number of carbonyl (C=O) groups is 2. The van der Waals surface area contributed by atoms with Crippen molar-refractivity contribution < 1.29 is 9.59 Å². The zero-order valence-corrected chi connectivity index (χ0v) is 24.9. The van der Waals surface area contributed by atoms with Crippen LogP contribution in [0.4, 0.5) is 0 Å². The van der Waals surface area contributed by atoms with Gasteiger partial charge in [0.1, 0.15) is 0 Å². The molecule has 0 spiro atoms. The first-order chi connectivity index (χ1) is 20.0. The second-order valence-corrected chi connectivity index (χ2v) is 12.5. The quantitative estimate of drug-likeness (QED) is 0.271. The van der Waals surface area contributed by atoms with Crippen LogP contribution >= 0.6 is 0 Å². The number of benzene rings is 3. The normalized spacial score (nSPS) is 19.5. The summed E-state index contributed by atoms with van der Waals surface area (Å²) in [6.45, 7) is 7.26. The van der Waals surface area contributed by atoms with Crippen LogP contribution in [-0.2, 0) is 17.6 Å². The van der Waals surface area contributed by atoms with Crippen LogP contribution in [-0.4, -0.2) is 42.3 Å². The maximum Gasteiger partial charge on any atom is 0.221 e. The number of fused-ring (bicyclic) bond motifs is 1. The fourth-order valence-electron chi connectivity index (χ4n) is 6.71. The average Bonchev–Trinajstić information content (AvgIpc) is 3.22. The number of rotatable bonds is 10. The van der Waals surface area contributed by atoms with Crippen molar-refractivity contribution in [2.24, 2.45) is 11.8 Å². The largest absolute Gasteiger partial charge is 0.353 e. The molecule has 5 rings (SSSR count). The van der Waals surface area contributed by atoms with E-state index < -0.39 is 0 Å². The maximum atomic E-state index is 13.2. The first kappa shape index (κ1) is 29.3. The molecule has 1 amide bonds. The van der Waals surface area contributed by atoms with Gasteiger partial charge in [0.25, 0.3) is 0 Å². The Morgan fingerprint density at radius 1 is 0.805 bits per heavy atom. The SMILES string of the molecule is CC(C)C(=O)c1ccc2c(c1)CCN(CCC1CCC(NC(=O)CC(c3ccccc3)c3ccccc3)CC1)CC2. The van der Waals surface area contributed by atoms with Crippen LogP contribution in [0.15, 0.2) is 78.9 Å². The predicted octanol–water partition coefficient (Wildman–Crippen LogP) is 7.21. The number of nitrogens with one attached hydrogen (secondary N) is 1. The minimum absolute atomic E-state index is 0.0410. The number of amides is 1. The summed E-state index contributed by atoms with van der Waals surface area (Å²) in [6, 6.07) is 27.5. The van der Waals surface area contributed by atoms with Crippen molar-refractivity contribution >= 4 is 11.7 Å². The highest BCUT2D eigenvalue weighted by Crippen LogP contribution is 2.30. The molecule has 41 heavy (non-hydrogen) atoms. The monoisotopic (exact) mass is 550 g/mol. The lowest BCUT2D eigenvalue weighted by Crippen LogP contribution is -2.38. The Bertz CT molecular complexity index is 1240. The molecular weight excluding hydrogens is 504 g/mol. The van der Waals surface area contributed by atoms with Gasteiger partial charge in [0, 0.05) is 43.0 Å². The van der Waals surface area contributed by atoms with Crippen LogP contribution in [0.3, 0.4) is 0 Å². The van der Waals surface area contributed by atoms with E-state index in [0.29, 0.717) is 12.5 Å². The summed E-state index contributed by atoms with van der Waals surface area (Å²) in [5.74, 6) is 1.27. The molecule has 1 aliphatic carbocycles. The van der Waals surface area contributed by atoms with Crippen molar-refractivity contribution in [1.29, 1.82) is 0 Å². The Balaban J connectivity index is 1.06. The highest BCUT2D eigenvalue weighted by atomic mass is 16.1. The summed E-state index contributed by atoms with van der Waals surface area (Å²) in [5.41, 5.74) is 6.02. The van der Waals surface area contributed by atoms with Crippen molar-refractivity contribution in [2.75, 3.05) is 19.6 Å². The molecular formula is C37H46N2O2. The summed E-state index contributed by atoms with van der Waals surface area (Å²) in [6.07, 6.45) is 8.36. The summed E-state index contributed by atoms with van der Waals surface area (Å²) >= 11 is 0. The average molecular weight is 551 g/mol. The summed E-state index contributed by atoms with van der Waals surface area (Å²) in [7, 11) is 0. The van der Waals surface area contributed by atoms with Gasteiger partial charge < -0.3 is 10.2 Å². The molecule has 4 nitrogen and oxygen atoms in total. The van der Waals surface area contributed by atoms with E-state index in [1.54, 1.807) is 0 Å². The molecule has 216 valence electrons. The van der Waals surface area contributed by atoms with Crippen LogP contribution in [0.2, 0.25) is 0 Å². The lowest BCUT2D eigenvalue weighted by molar-refractivity contribution is -0.122. The molecule has 3 aromatic rings. The zero-order chi connectivity index (χ0) is 28.6. The number of hydrogen-bond donors (Lipinski definition) is 1. The van der Waals surface area contributed by atoms with Gasteiger partial charge in [-0.15, -0.1) is 0 Å². The first-order valence-electron chi connectivity index (χ1n) is 15.7. The van der Waals surface area contributed by atoms with Crippen LogP contribution < -0.4 is 5.32 Å². The van der Waals surface area contributed by atoms with Crippen molar-refractivity contribution in [3.05, 3.63) is 107 Å². The number of Topliss-reactive ketones (excluding diaryl/α,β-unsaturated/α-hetero) is 1. The molecule has 0 atom stereocenters. The topological polar surface area (TPSA) is 49.4 Å². The molecule has 3 aromatic carbocycles. The van der Waals surface area contributed by atoms with E-state index in [9.17, 15) is 9.59 Å². The fourth-order valence-corrected chi connectivity index (χ4v) is 6.71. The smallest absolute Gasteiger partial charge is 0.221 e. The lowest BCUT2D eigenvalue weighted by Gasteiger charge is -2.31. The first-order valence-corrected chi connectivity index (χ1v) is 15.7. The summed E-state index contributed by atoms with van der Waals surface area (Å²) < 4.78 is 0. The van der Waals surface area contributed by atoms with Gasteiger partial charge >= 0.3 is 0 Å². The minimum Gasteiger partial charge on any atom is -0.353 e. The van der Waals surface area contributed by atoms with Gasteiger partial charge in [-0.05, 0) is 85.7 Å². The van der Waals surface area contributed by atoms with Crippen LogP contribution in [0.1, 0.15) is 90.9 Å². The van der Waals surface area contributed by atoms with Gasteiger partial charge in [-0.25, -0.2) is 0 Å². The van der Waals surface area contributed by atoms with E-state index in [1.807, 2.05) is 32.0 Å². The zero-order valence-electron chi connectivity index (χ0n) is 24.9. The Hall–Kier alpha value is -3.24. The molecule has 1 heterocycles. The maximum absolute atomic E-state index is 13.2. The molecule has 0 bridgehead atoms. The third kappa shape index (κ3) is 7.95. The number of ketones is 1. The second-order valence-electron chi connectivity index (χ2n) is 12.5. The Morgan fingerprint density at radius 3 is 2.02 bits per heavy atom. The van der Waals surface area contributed by atoms with Crippen LogP contribution in [0.5, 0.6) is 0 Å². The summed E-state index contributed by atoms with van der Waals surface area (Å²) in [5, 5.41) is 3.38. The molecule has 2 aliphatic rings. The summed E-state index contributed by atoms with van der Waals surface area (Å²) in [4.78, 5) is 28.3. The minimum atomic E-state index is 0.0410.